The number of fused-ring (bicyclic) bond motifs is 1. The molecule has 0 spiro atoms. The molecule has 1 heterocycles. The van der Waals surface area contributed by atoms with Gasteiger partial charge in [-0.05, 0) is 56.7 Å². The maximum absolute atomic E-state index is 13.2. The molecule has 1 aromatic carbocycles. The number of esters is 1. The van der Waals surface area contributed by atoms with Gasteiger partial charge in [0.15, 0.2) is 0 Å². The van der Waals surface area contributed by atoms with Gasteiger partial charge in [-0.1, -0.05) is 24.6 Å². The van der Waals surface area contributed by atoms with Gasteiger partial charge in [0.1, 0.15) is 17.6 Å². The molecule has 0 saturated heterocycles. The van der Waals surface area contributed by atoms with Crippen molar-refractivity contribution < 1.29 is 19.4 Å². The van der Waals surface area contributed by atoms with E-state index in [1.165, 1.54) is 6.42 Å². The van der Waals surface area contributed by atoms with Crippen molar-refractivity contribution in [1.82, 2.24) is 5.32 Å². The summed E-state index contributed by atoms with van der Waals surface area (Å²) in [7, 11) is 0. The van der Waals surface area contributed by atoms with E-state index in [1.54, 1.807) is 24.3 Å². The molecule has 1 aliphatic heterocycles. The molecule has 0 bridgehead atoms. The maximum Gasteiger partial charge on any atom is 0.336 e. The van der Waals surface area contributed by atoms with Crippen molar-refractivity contribution in [2.75, 3.05) is 0 Å². The number of allylic oxidation sites excluding steroid dienone is 3. The van der Waals surface area contributed by atoms with Gasteiger partial charge in [0, 0.05) is 23.7 Å². The zero-order valence-corrected chi connectivity index (χ0v) is 16.2. The van der Waals surface area contributed by atoms with Crippen LogP contribution in [0.5, 0.6) is 5.75 Å². The molecule has 4 rings (SSSR count). The van der Waals surface area contributed by atoms with Crippen molar-refractivity contribution in [1.29, 1.82) is 0 Å². The molecular weight excluding hydrogens is 354 g/mol. The summed E-state index contributed by atoms with van der Waals surface area (Å²) in [4.78, 5) is 26.0. The number of carbonyl (C=O) groups is 2. The van der Waals surface area contributed by atoms with Crippen LogP contribution >= 0.6 is 0 Å². The maximum atomic E-state index is 13.2. The van der Waals surface area contributed by atoms with Crippen molar-refractivity contribution in [3.05, 3.63) is 52.9 Å². The molecule has 1 aromatic rings. The number of hydrogen-bond donors (Lipinski definition) is 2. The fourth-order valence-electron chi connectivity index (χ4n) is 4.72. The molecule has 0 aromatic heterocycles. The molecule has 1 fully saturated rings. The molecule has 2 unspecified atom stereocenters. The van der Waals surface area contributed by atoms with Crippen LogP contribution in [0.15, 0.2) is 47.3 Å². The second-order valence-electron chi connectivity index (χ2n) is 8.04. The first kappa shape index (κ1) is 18.8. The van der Waals surface area contributed by atoms with E-state index in [0.717, 1.165) is 49.1 Å². The largest absolute Gasteiger partial charge is 0.508 e. The lowest BCUT2D eigenvalue weighted by atomic mass is 9.71. The summed E-state index contributed by atoms with van der Waals surface area (Å²) in [6.45, 7) is 1.88. The van der Waals surface area contributed by atoms with Gasteiger partial charge in [-0.15, -0.1) is 0 Å². The quantitative estimate of drug-likeness (QED) is 0.771. The summed E-state index contributed by atoms with van der Waals surface area (Å²) in [5, 5.41) is 13.0. The van der Waals surface area contributed by atoms with Gasteiger partial charge in [-0.25, -0.2) is 4.79 Å². The first-order valence-electron chi connectivity index (χ1n) is 10.2. The van der Waals surface area contributed by atoms with Crippen molar-refractivity contribution >= 4 is 11.8 Å². The van der Waals surface area contributed by atoms with Crippen LogP contribution < -0.4 is 5.32 Å². The fraction of sp³-hybridized carbons (Fsp3) is 0.478. The molecule has 2 atom stereocenters. The molecule has 5 nitrogen and oxygen atoms in total. The highest BCUT2D eigenvalue weighted by Crippen LogP contribution is 2.44. The van der Waals surface area contributed by atoms with Gasteiger partial charge in [-0.3, -0.25) is 4.79 Å². The van der Waals surface area contributed by atoms with E-state index < -0.39 is 11.8 Å². The minimum atomic E-state index is -0.407. The van der Waals surface area contributed by atoms with Gasteiger partial charge >= 0.3 is 5.97 Å². The van der Waals surface area contributed by atoms with E-state index in [1.807, 2.05) is 6.92 Å². The first-order chi connectivity index (χ1) is 13.5. The summed E-state index contributed by atoms with van der Waals surface area (Å²) >= 11 is 0. The zero-order valence-electron chi connectivity index (χ0n) is 16.2. The number of nitrogens with one attached hydrogen (secondary N) is 1. The second kappa shape index (κ2) is 7.82. The topological polar surface area (TPSA) is 75.6 Å². The summed E-state index contributed by atoms with van der Waals surface area (Å²) in [6, 6.07) is 6.80. The van der Waals surface area contributed by atoms with Crippen LogP contribution in [0.1, 0.15) is 63.4 Å². The highest BCUT2D eigenvalue weighted by atomic mass is 16.5. The Bertz CT molecular complexity index is 831. The van der Waals surface area contributed by atoms with Crippen molar-refractivity contribution in [3.8, 4) is 5.75 Å². The van der Waals surface area contributed by atoms with Crippen LogP contribution in [0, 0.1) is 5.92 Å². The molecule has 148 valence electrons. The Hall–Kier alpha value is -2.56. The predicted molar refractivity (Wildman–Crippen MR) is 105 cm³/mol. The second-order valence-corrected chi connectivity index (χ2v) is 8.04. The monoisotopic (exact) mass is 381 g/mol. The number of aromatic hydroxyl groups is 1. The van der Waals surface area contributed by atoms with Crippen LogP contribution in [-0.4, -0.2) is 23.0 Å². The normalized spacial score (nSPS) is 25.6. The van der Waals surface area contributed by atoms with Gasteiger partial charge in [-0.2, -0.15) is 0 Å². The third-order valence-electron chi connectivity index (χ3n) is 6.12. The molecule has 28 heavy (non-hydrogen) atoms. The fourth-order valence-corrected chi connectivity index (χ4v) is 4.72. The third kappa shape index (κ3) is 3.58. The molecule has 5 heteroatoms. The Morgan fingerprint density at radius 3 is 2.54 bits per heavy atom. The number of carbonyl (C=O) groups excluding carboxylic acids is 2. The number of benzene rings is 1. The molecule has 0 amide bonds. The molecule has 1 saturated carbocycles. The van der Waals surface area contributed by atoms with E-state index in [-0.39, 0.29) is 23.6 Å². The summed E-state index contributed by atoms with van der Waals surface area (Å²) < 4.78 is 5.87. The molecule has 2 N–H and O–H groups in total. The predicted octanol–water partition coefficient (Wildman–Crippen LogP) is 4.09. The zero-order chi connectivity index (χ0) is 19.7. The molecule has 3 aliphatic rings. The van der Waals surface area contributed by atoms with Gasteiger partial charge < -0.3 is 15.2 Å². The van der Waals surface area contributed by atoms with Crippen molar-refractivity contribution in [2.24, 2.45) is 5.92 Å². The highest BCUT2D eigenvalue weighted by Gasteiger charge is 2.43. The Labute approximate surface area is 165 Å². The number of rotatable bonds is 3. The lowest BCUT2D eigenvalue weighted by Gasteiger charge is -2.38. The summed E-state index contributed by atoms with van der Waals surface area (Å²) in [5.41, 5.74) is 3.01. The van der Waals surface area contributed by atoms with Crippen LogP contribution in [-0.2, 0) is 14.3 Å². The number of ketones is 1. The smallest absolute Gasteiger partial charge is 0.336 e. The highest BCUT2D eigenvalue weighted by molar-refractivity contribution is 5.96. The standard InChI is InChI=1S/C23H27NO4/c1-14-20(23(27)28-17-6-3-2-4-7-17)21(15-10-12-16(25)13-11-15)22-18(24-14)8-5-9-19(22)26/h8,10-13,17,21-22,24-25H,2-7,9H2,1H3. The van der Waals surface area contributed by atoms with Crippen molar-refractivity contribution in [2.45, 2.75) is 63.9 Å². The average molecular weight is 381 g/mol. The minimum Gasteiger partial charge on any atom is -0.508 e. The summed E-state index contributed by atoms with van der Waals surface area (Å²) in [6.07, 6.45) is 8.40. The average Bonchev–Trinajstić information content (AvgIpc) is 2.68. The molecular formula is C23H27NO4. The van der Waals surface area contributed by atoms with E-state index in [0.29, 0.717) is 12.0 Å². The van der Waals surface area contributed by atoms with Gasteiger partial charge in [0.05, 0.1) is 11.5 Å². The van der Waals surface area contributed by atoms with Gasteiger partial charge in [0.25, 0.3) is 0 Å². The van der Waals surface area contributed by atoms with Crippen LogP contribution in [0.3, 0.4) is 0 Å². The Kier molecular flexibility index (Phi) is 5.25. The van der Waals surface area contributed by atoms with Crippen LogP contribution in [0.2, 0.25) is 0 Å². The van der Waals surface area contributed by atoms with Crippen LogP contribution in [0.25, 0.3) is 0 Å². The number of hydrogen-bond acceptors (Lipinski definition) is 5. The number of ether oxygens (including phenoxy) is 1. The number of phenols is 1. The van der Waals surface area contributed by atoms with E-state index >= 15 is 0 Å². The molecule has 0 radical (unpaired) electrons. The lowest BCUT2D eigenvalue weighted by Crippen LogP contribution is -2.41. The number of phenolic OH excluding ortho intramolecular Hbond substituents is 1. The first-order valence-corrected chi connectivity index (χ1v) is 10.2. The van der Waals surface area contributed by atoms with Crippen LogP contribution in [0.4, 0.5) is 0 Å². The van der Waals surface area contributed by atoms with Crippen molar-refractivity contribution in [3.63, 3.8) is 0 Å². The Balaban J connectivity index is 1.73. The Morgan fingerprint density at radius 2 is 1.82 bits per heavy atom. The minimum absolute atomic E-state index is 0.0407. The number of Topliss-reactive ketones (excluding diaryl/α,β-unsaturated/α-hetero) is 1. The lowest BCUT2D eigenvalue weighted by molar-refractivity contribution is -0.146. The van der Waals surface area contributed by atoms with E-state index in [9.17, 15) is 14.7 Å². The Morgan fingerprint density at radius 1 is 1.11 bits per heavy atom. The van der Waals surface area contributed by atoms with E-state index in [4.69, 9.17) is 4.74 Å². The molecule has 2 aliphatic carbocycles. The van der Waals surface area contributed by atoms with Gasteiger partial charge in [0.2, 0.25) is 0 Å². The SMILES string of the molecule is CC1=C(C(=O)OC2CCCCC2)C(c2ccc(O)cc2)C2C(=O)CCC=C2N1. The third-order valence-corrected chi connectivity index (χ3v) is 6.12. The summed E-state index contributed by atoms with van der Waals surface area (Å²) in [5.74, 6) is -0.825. The van der Waals surface area contributed by atoms with E-state index in [2.05, 4.69) is 11.4 Å².